The number of alkyl halides is 2. The van der Waals surface area contributed by atoms with Gasteiger partial charge in [0.1, 0.15) is 6.04 Å². The molecule has 1 aromatic carbocycles. The van der Waals surface area contributed by atoms with Gasteiger partial charge in [-0.15, -0.1) is 0 Å². The van der Waals surface area contributed by atoms with E-state index >= 15 is 0 Å². The number of nitrogens with zero attached hydrogens (tertiary/aromatic N) is 2. The predicted molar refractivity (Wildman–Crippen MR) is 53.4 cm³/mol. The van der Waals surface area contributed by atoms with Crippen LogP contribution in [0.1, 0.15) is 23.6 Å². The van der Waals surface area contributed by atoms with Crippen molar-refractivity contribution in [2.75, 3.05) is 14.1 Å². The van der Waals surface area contributed by atoms with Crippen LogP contribution >= 0.6 is 0 Å². The van der Waals surface area contributed by atoms with Crippen LogP contribution < -0.4 is 0 Å². The van der Waals surface area contributed by atoms with E-state index in [1.165, 1.54) is 12.1 Å². The van der Waals surface area contributed by atoms with Gasteiger partial charge in [0, 0.05) is 5.56 Å². The number of benzene rings is 1. The molecule has 0 aliphatic heterocycles. The summed E-state index contributed by atoms with van der Waals surface area (Å²) in [5.74, 6) is 0. The summed E-state index contributed by atoms with van der Waals surface area (Å²) < 4.78 is 24.8. The number of nitriles is 1. The van der Waals surface area contributed by atoms with Crippen LogP contribution in [0.5, 0.6) is 0 Å². The lowest BCUT2D eigenvalue weighted by Crippen LogP contribution is -2.18. The van der Waals surface area contributed by atoms with Gasteiger partial charge in [0.15, 0.2) is 0 Å². The molecule has 0 saturated carbocycles. The second kappa shape index (κ2) is 4.85. The third-order valence-electron chi connectivity index (χ3n) is 2.12. The number of hydrogen-bond acceptors (Lipinski definition) is 2. The van der Waals surface area contributed by atoms with E-state index in [0.717, 1.165) is 0 Å². The van der Waals surface area contributed by atoms with Gasteiger partial charge in [-0.25, -0.2) is 8.78 Å². The number of hydrogen-bond donors (Lipinski definition) is 0. The highest BCUT2D eigenvalue weighted by Gasteiger charge is 2.15. The molecule has 0 aliphatic rings. The van der Waals surface area contributed by atoms with Gasteiger partial charge in [-0.2, -0.15) is 5.26 Å². The van der Waals surface area contributed by atoms with E-state index in [4.69, 9.17) is 5.26 Å². The van der Waals surface area contributed by atoms with E-state index in [0.29, 0.717) is 5.56 Å². The van der Waals surface area contributed by atoms with Crippen LogP contribution in [0.2, 0.25) is 0 Å². The highest BCUT2D eigenvalue weighted by molar-refractivity contribution is 5.29. The molecule has 15 heavy (non-hydrogen) atoms. The minimum Gasteiger partial charge on any atom is -0.291 e. The quantitative estimate of drug-likeness (QED) is 0.767. The van der Waals surface area contributed by atoms with Crippen LogP contribution in [-0.4, -0.2) is 19.0 Å². The Labute approximate surface area is 87.7 Å². The van der Waals surface area contributed by atoms with Crippen LogP contribution in [0.4, 0.5) is 8.78 Å². The summed E-state index contributed by atoms with van der Waals surface area (Å²) in [5, 5.41) is 8.90. The molecule has 0 fully saturated rings. The molecule has 1 rings (SSSR count). The molecule has 0 N–H and O–H groups in total. The van der Waals surface area contributed by atoms with Crippen molar-refractivity contribution in [1.82, 2.24) is 4.90 Å². The first kappa shape index (κ1) is 11.6. The molecule has 0 aromatic heterocycles. The van der Waals surface area contributed by atoms with E-state index in [9.17, 15) is 8.78 Å². The van der Waals surface area contributed by atoms with Crippen LogP contribution in [0.25, 0.3) is 0 Å². The average Bonchev–Trinajstić information content (AvgIpc) is 2.18. The van der Waals surface area contributed by atoms with Gasteiger partial charge in [0.05, 0.1) is 6.07 Å². The molecule has 0 heterocycles. The largest absolute Gasteiger partial charge is 0.291 e. The van der Waals surface area contributed by atoms with E-state index in [-0.39, 0.29) is 5.56 Å². The summed E-state index contributed by atoms with van der Waals surface area (Å²) in [6, 6.07) is 7.54. The second-order valence-electron chi connectivity index (χ2n) is 3.47. The topological polar surface area (TPSA) is 27.0 Å². The first-order chi connectivity index (χ1) is 7.06. The first-order valence-corrected chi connectivity index (χ1v) is 4.50. The Morgan fingerprint density at radius 2 is 1.87 bits per heavy atom. The lowest BCUT2D eigenvalue weighted by Gasteiger charge is -2.17. The molecular formula is C11H12F2N2. The van der Waals surface area contributed by atoms with Gasteiger partial charge in [-0.05, 0) is 25.7 Å². The maximum Gasteiger partial charge on any atom is 0.263 e. The van der Waals surface area contributed by atoms with Gasteiger partial charge < -0.3 is 0 Å². The van der Waals surface area contributed by atoms with Crippen LogP contribution in [0.3, 0.4) is 0 Å². The third-order valence-corrected chi connectivity index (χ3v) is 2.12. The summed E-state index contributed by atoms with van der Waals surface area (Å²) >= 11 is 0. The summed E-state index contributed by atoms with van der Waals surface area (Å²) in [5.41, 5.74) is 0.551. The maximum atomic E-state index is 12.4. The molecule has 80 valence electrons. The molecule has 0 saturated heterocycles. The van der Waals surface area contributed by atoms with Gasteiger partial charge in [0.25, 0.3) is 6.43 Å². The zero-order valence-corrected chi connectivity index (χ0v) is 8.61. The Balaban J connectivity index is 3.04. The fourth-order valence-corrected chi connectivity index (χ4v) is 1.35. The summed E-state index contributed by atoms with van der Waals surface area (Å²) in [6.45, 7) is 0. The summed E-state index contributed by atoms with van der Waals surface area (Å²) in [7, 11) is 3.48. The average molecular weight is 210 g/mol. The minimum atomic E-state index is -2.49. The van der Waals surface area contributed by atoms with Crippen molar-refractivity contribution in [3.8, 4) is 6.07 Å². The smallest absolute Gasteiger partial charge is 0.263 e. The standard InChI is InChI=1S/C11H12F2N2/c1-15(2)10(7-14)8-4-3-5-9(6-8)11(12)13/h3-6,10-11H,1-2H3. The van der Waals surface area contributed by atoms with Crippen molar-refractivity contribution in [3.63, 3.8) is 0 Å². The molecule has 0 aliphatic carbocycles. The fourth-order valence-electron chi connectivity index (χ4n) is 1.35. The summed E-state index contributed by atoms with van der Waals surface area (Å²) in [6.07, 6.45) is -2.49. The Hall–Kier alpha value is -1.47. The fraction of sp³-hybridized carbons (Fsp3) is 0.364. The molecule has 0 spiro atoms. The number of rotatable bonds is 3. The van der Waals surface area contributed by atoms with Gasteiger partial charge in [0.2, 0.25) is 0 Å². The van der Waals surface area contributed by atoms with Crippen molar-refractivity contribution >= 4 is 0 Å². The summed E-state index contributed by atoms with van der Waals surface area (Å²) in [4.78, 5) is 1.69. The van der Waals surface area contributed by atoms with E-state index < -0.39 is 12.5 Å². The number of halogens is 2. The van der Waals surface area contributed by atoms with Crippen LogP contribution in [0.15, 0.2) is 24.3 Å². The normalized spacial score (nSPS) is 12.9. The van der Waals surface area contributed by atoms with E-state index in [1.54, 1.807) is 31.1 Å². The highest BCUT2D eigenvalue weighted by atomic mass is 19.3. The SMILES string of the molecule is CN(C)C(C#N)c1cccc(C(F)F)c1. The van der Waals surface area contributed by atoms with Gasteiger partial charge >= 0.3 is 0 Å². The Morgan fingerprint density at radius 3 is 2.33 bits per heavy atom. The maximum absolute atomic E-state index is 12.4. The van der Waals surface area contributed by atoms with E-state index in [2.05, 4.69) is 6.07 Å². The lowest BCUT2D eigenvalue weighted by atomic mass is 10.0. The molecule has 0 radical (unpaired) electrons. The molecule has 2 nitrogen and oxygen atoms in total. The molecule has 4 heteroatoms. The van der Waals surface area contributed by atoms with Crippen LogP contribution in [0, 0.1) is 11.3 Å². The third kappa shape index (κ3) is 2.74. The molecular weight excluding hydrogens is 198 g/mol. The Morgan fingerprint density at radius 1 is 1.27 bits per heavy atom. The monoisotopic (exact) mass is 210 g/mol. The predicted octanol–water partition coefficient (Wildman–Crippen LogP) is 2.75. The first-order valence-electron chi connectivity index (χ1n) is 4.50. The molecule has 0 bridgehead atoms. The zero-order valence-electron chi connectivity index (χ0n) is 8.61. The van der Waals surface area contributed by atoms with Crippen molar-refractivity contribution in [2.45, 2.75) is 12.5 Å². The Kier molecular flexibility index (Phi) is 3.75. The molecule has 1 atom stereocenters. The highest BCUT2D eigenvalue weighted by Crippen LogP contribution is 2.24. The minimum absolute atomic E-state index is 0.0467. The van der Waals surface area contributed by atoms with Crippen LogP contribution in [-0.2, 0) is 0 Å². The van der Waals surface area contributed by atoms with Crippen molar-refractivity contribution in [3.05, 3.63) is 35.4 Å². The van der Waals surface area contributed by atoms with Gasteiger partial charge in [-0.3, -0.25) is 4.90 Å². The van der Waals surface area contributed by atoms with Crippen molar-refractivity contribution < 1.29 is 8.78 Å². The van der Waals surface area contributed by atoms with E-state index in [1.807, 2.05) is 0 Å². The van der Waals surface area contributed by atoms with Crippen molar-refractivity contribution in [1.29, 1.82) is 5.26 Å². The Bertz CT molecular complexity index is 369. The second-order valence-corrected chi connectivity index (χ2v) is 3.47. The lowest BCUT2D eigenvalue weighted by molar-refractivity contribution is 0.151. The molecule has 0 amide bonds. The zero-order chi connectivity index (χ0) is 11.4. The van der Waals surface area contributed by atoms with Gasteiger partial charge in [-0.1, -0.05) is 18.2 Å². The van der Waals surface area contributed by atoms with Crippen molar-refractivity contribution in [2.24, 2.45) is 0 Å². The molecule has 1 aromatic rings. The molecule has 1 unspecified atom stereocenters.